The summed E-state index contributed by atoms with van der Waals surface area (Å²) < 4.78 is 25.4. The van der Waals surface area contributed by atoms with Crippen LogP contribution in [0.3, 0.4) is 0 Å². The Balaban J connectivity index is 1.37. The van der Waals surface area contributed by atoms with Crippen molar-refractivity contribution >= 4 is 41.4 Å². The van der Waals surface area contributed by atoms with Crippen LogP contribution in [0, 0.1) is 11.8 Å². The van der Waals surface area contributed by atoms with Crippen molar-refractivity contribution in [1.82, 2.24) is 30.7 Å². The molecule has 6 atom stereocenters. The van der Waals surface area contributed by atoms with Gasteiger partial charge in [-0.1, -0.05) is 6.92 Å². The van der Waals surface area contributed by atoms with E-state index in [-0.39, 0.29) is 35.2 Å². The van der Waals surface area contributed by atoms with E-state index < -0.39 is 48.3 Å². The van der Waals surface area contributed by atoms with Crippen LogP contribution in [0.15, 0.2) is 10.6 Å². The molecule has 0 aromatic heterocycles. The Morgan fingerprint density at radius 3 is 2.38 bits per heavy atom. The van der Waals surface area contributed by atoms with E-state index >= 15 is 0 Å². The standard InChI is InChI=1S/C24H34F2N6O6S/c1-11-17-16(12(2)29-21(34)20(25)26)23(36)32(17)18(24(37)38)19(11)39-13-8-14(28-9-13)22(35)31-6-4-30(5-7-31)15(33)10-27-3/h11-14,16-17,20,27-28H,4-10H2,1-3H3,(H,29,34)(H,37,38)/t11-,12?,13+,14+,16-,17-/m1/s1. The van der Waals surface area contributed by atoms with Crippen molar-refractivity contribution in [2.75, 3.05) is 46.3 Å². The molecule has 0 saturated carbocycles. The monoisotopic (exact) mass is 572 g/mol. The summed E-state index contributed by atoms with van der Waals surface area (Å²) in [5, 5.41) is 18.0. The number of β-lactam (4-membered cyclic amide) rings is 1. The van der Waals surface area contributed by atoms with Gasteiger partial charge >= 0.3 is 12.4 Å². The number of rotatable bonds is 9. The highest BCUT2D eigenvalue weighted by molar-refractivity contribution is 8.03. The summed E-state index contributed by atoms with van der Waals surface area (Å²) in [6, 6.07) is -1.89. The minimum absolute atomic E-state index is 0.00975. The van der Waals surface area contributed by atoms with Crippen molar-refractivity contribution in [2.24, 2.45) is 11.8 Å². The summed E-state index contributed by atoms with van der Waals surface area (Å²) in [4.78, 5) is 66.9. The van der Waals surface area contributed by atoms with E-state index in [2.05, 4.69) is 16.0 Å². The fraction of sp³-hybridized carbons (Fsp3) is 0.708. The maximum absolute atomic E-state index is 13.1. The number of fused-ring (bicyclic) bond motifs is 1. The average molecular weight is 573 g/mol. The minimum atomic E-state index is -3.21. The molecule has 4 heterocycles. The molecule has 4 rings (SSSR count). The molecule has 0 bridgehead atoms. The Morgan fingerprint density at radius 1 is 1.15 bits per heavy atom. The van der Waals surface area contributed by atoms with Crippen molar-refractivity contribution < 1.29 is 37.9 Å². The third-order valence-electron chi connectivity index (χ3n) is 7.85. The lowest BCUT2D eigenvalue weighted by Gasteiger charge is -2.47. The van der Waals surface area contributed by atoms with Gasteiger partial charge in [-0.05, 0) is 20.4 Å². The molecule has 12 nitrogen and oxygen atoms in total. The molecule has 4 amide bonds. The molecular weight excluding hydrogens is 538 g/mol. The Morgan fingerprint density at radius 2 is 1.79 bits per heavy atom. The van der Waals surface area contributed by atoms with Crippen LogP contribution < -0.4 is 16.0 Å². The SMILES string of the molecule is CNCC(=O)N1CCN(C(=O)[C@@H]2C[C@H](SC3=C(C(=O)O)N4C(=O)[C@H](C(C)NC(=O)C(F)F)[C@H]4[C@H]3C)CN2)CC1. The lowest BCUT2D eigenvalue weighted by Crippen LogP contribution is -2.66. The van der Waals surface area contributed by atoms with Gasteiger partial charge in [-0.3, -0.25) is 19.2 Å². The third-order valence-corrected chi connectivity index (χ3v) is 9.36. The molecule has 3 saturated heterocycles. The van der Waals surface area contributed by atoms with E-state index in [1.807, 2.05) is 0 Å². The molecule has 4 N–H and O–H groups in total. The number of alkyl halides is 2. The lowest BCUT2D eigenvalue weighted by atomic mass is 9.78. The molecule has 0 spiro atoms. The van der Waals surface area contributed by atoms with E-state index in [1.54, 1.807) is 23.8 Å². The Labute approximate surface area is 228 Å². The van der Waals surface area contributed by atoms with Crippen LogP contribution in [-0.2, 0) is 24.0 Å². The summed E-state index contributed by atoms with van der Waals surface area (Å²) in [6.45, 7) is 5.78. The quantitative estimate of drug-likeness (QED) is 0.252. The molecule has 3 fully saturated rings. The number of hydrogen-bond acceptors (Lipinski definition) is 8. The second-order valence-electron chi connectivity index (χ2n) is 10.3. The number of halogens is 2. The van der Waals surface area contributed by atoms with Crippen molar-refractivity contribution in [1.29, 1.82) is 0 Å². The van der Waals surface area contributed by atoms with Gasteiger partial charge < -0.3 is 35.8 Å². The van der Waals surface area contributed by atoms with Gasteiger partial charge in [0.2, 0.25) is 17.7 Å². The maximum Gasteiger partial charge on any atom is 0.353 e. The van der Waals surface area contributed by atoms with Gasteiger partial charge in [0.15, 0.2) is 0 Å². The predicted molar refractivity (Wildman–Crippen MR) is 136 cm³/mol. The van der Waals surface area contributed by atoms with E-state index in [9.17, 15) is 37.9 Å². The van der Waals surface area contributed by atoms with Gasteiger partial charge in [0.1, 0.15) is 5.70 Å². The summed E-state index contributed by atoms with van der Waals surface area (Å²) in [5.74, 6) is -4.52. The number of carbonyl (C=O) groups excluding carboxylic acids is 4. The van der Waals surface area contributed by atoms with Crippen molar-refractivity contribution in [3.63, 3.8) is 0 Å². The number of carboxylic acid groups (broad SMARTS) is 1. The number of carbonyl (C=O) groups is 5. The zero-order chi connectivity index (χ0) is 28.6. The predicted octanol–water partition coefficient (Wildman–Crippen LogP) is -1.12. The van der Waals surface area contributed by atoms with Gasteiger partial charge in [0.25, 0.3) is 5.91 Å². The molecule has 216 valence electrons. The summed E-state index contributed by atoms with van der Waals surface area (Å²) in [6.07, 6.45) is -2.75. The van der Waals surface area contributed by atoms with Crippen LogP contribution in [-0.4, -0.2) is 126 Å². The van der Waals surface area contributed by atoms with Crippen molar-refractivity contribution in [3.8, 4) is 0 Å². The lowest BCUT2D eigenvalue weighted by molar-refractivity contribution is -0.159. The zero-order valence-corrected chi connectivity index (χ0v) is 22.8. The topological polar surface area (TPSA) is 151 Å². The minimum Gasteiger partial charge on any atom is -0.477 e. The Hall–Kier alpha value is -2.78. The molecule has 0 aromatic carbocycles. The van der Waals surface area contributed by atoms with Gasteiger partial charge in [-0.15, -0.1) is 11.8 Å². The number of likely N-dealkylation sites (N-methyl/N-ethyl adjacent to an activating group) is 1. The Kier molecular flexibility index (Phi) is 8.81. The molecule has 4 aliphatic rings. The van der Waals surface area contributed by atoms with E-state index in [4.69, 9.17) is 0 Å². The second kappa shape index (κ2) is 11.8. The number of aliphatic carboxylic acids is 1. The zero-order valence-electron chi connectivity index (χ0n) is 22.0. The van der Waals surface area contributed by atoms with Crippen LogP contribution >= 0.6 is 11.8 Å². The van der Waals surface area contributed by atoms with Gasteiger partial charge in [-0.25, -0.2) is 4.79 Å². The smallest absolute Gasteiger partial charge is 0.353 e. The highest BCUT2D eigenvalue weighted by Gasteiger charge is 2.60. The van der Waals surface area contributed by atoms with Gasteiger partial charge in [-0.2, -0.15) is 8.78 Å². The average Bonchev–Trinajstić information content (AvgIpc) is 3.45. The number of thioether (sulfide) groups is 1. The summed E-state index contributed by atoms with van der Waals surface area (Å²) >= 11 is 1.32. The summed E-state index contributed by atoms with van der Waals surface area (Å²) in [5.41, 5.74) is -0.122. The maximum atomic E-state index is 13.1. The highest BCUT2D eigenvalue weighted by atomic mass is 32.2. The fourth-order valence-corrected chi connectivity index (χ4v) is 7.37. The molecule has 0 aliphatic carbocycles. The number of amides is 4. The number of nitrogens with zero attached hydrogens (tertiary/aromatic N) is 3. The molecule has 0 radical (unpaired) electrons. The van der Waals surface area contributed by atoms with Gasteiger partial charge in [0.05, 0.1) is 24.5 Å². The molecular formula is C24H34F2N6O6S. The molecule has 15 heteroatoms. The van der Waals surface area contributed by atoms with E-state index in [1.165, 1.54) is 23.6 Å². The second-order valence-corrected chi connectivity index (χ2v) is 11.6. The Bertz CT molecular complexity index is 1070. The highest BCUT2D eigenvalue weighted by Crippen LogP contribution is 2.51. The third kappa shape index (κ3) is 5.61. The van der Waals surface area contributed by atoms with Crippen LogP contribution in [0.4, 0.5) is 8.78 Å². The normalized spacial score (nSPS) is 29.4. The fourth-order valence-electron chi connectivity index (χ4n) is 5.89. The van der Waals surface area contributed by atoms with E-state index in [0.717, 1.165) is 0 Å². The van der Waals surface area contributed by atoms with Crippen molar-refractivity contribution in [3.05, 3.63) is 10.6 Å². The first-order chi connectivity index (χ1) is 18.5. The summed E-state index contributed by atoms with van der Waals surface area (Å²) in [7, 11) is 1.70. The molecule has 39 heavy (non-hydrogen) atoms. The van der Waals surface area contributed by atoms with Crippen LogP contribution in [0.2, 0.25) is 0 Å². The van der Waals surface area contributed by atoms with E-state index in [0.29, 0.717) is 44.0 Å². The first-order valence-corrected chi connectivity index (χ1v) is 13.8. The molecule has 0 aromatic rings. The number of nitrogens with one attached hydrogen (secondary N) is 3. The first kappa shape index (κ1) is 29.2. The first-order valence-electron chi connectivity index (χ1n) is 13.0. The number of hydrogen-bond donors (Lipinski definition) is 4. The molecule has 4 aliphatic heterocycles. The molecule has 1 unspecified atom stereocenters. The van der Waals surface area contributed by atoms with Crippen LogP contribution in [0.1, 0.15) is 20.3 Å². The van der Waals surface area contributed by atoms with Gasteiger partial charge in [0, 0.05) is 54.8 Å². The largest absolute Gasteiger partial charge is 0.477 e. The van der Waals surface area contributed by atoms with Crippen LogP contribution in [0.25, 0.3) is 0 Å². The number of carboxylic acids is 1. The van der Waals surface area contributed by atoms with Crippen molar-refractivity contribution in [2.45, 2.75) is 50.1 Å². The van der Waals surface area contributed by atoms with Crippen LogP contribution in [0.5, 0.6) is 0 Å². The number of piperazine rings is 1.